The van der Waals surface area contributed by atoms with Gasteiger partial charge >= 0.3 is 12.2 Å². The molecule has 7 atom stereocenters. The fourth-order valence-electron chi connectivity index (χ4n) is 7.20. The number of imide groups is 1. The molecular formula is C41H58F4N2O6. The number of carbonyl (C=O) groups excluding carboxylic acids is 3. The third kappa shape index (κ3) is 12.7. The SMILES string of the molecule is COC1CC[C@H]([C@@H](C)[C@@H](C)Cc2cc(F)cc(F)c2)N1C(=O)OC(C)(C)C.C[C@H]([C@H]1CCC(=O)N1C(=O)OC(C)(C)C)[C@@H](C)Cc1cc(F)cc(F)c1. The normalized spacial score (nSPS) is 21.4. The standard InChI is InChI=1S/C21H31F2NO3.C20H27F2NO3/c1-13(9-15-10-16(22)12-17(23)11-15)14(2)18-7-8-19(26-6)24(18)20(25)27-21(3,4)5;1-12(8-14-9-15(21)11-16(22)10-14)13(2)17-6-7-18(24)23(17)19(25)26-20(3,4)5/h10-14,18-19H,7-9H2,1-6H3;9-13,17H,6-8H2,1-5H3/t13-,14-,18+,19?;12-,13-,17+/m00/s1. The van der Waals surface area contributed by atoms with E-state index in [9.17, 15) is 31.9 Å². The Balaban J connectivity index is 0.000000286. The maximum Gasteiger partial charge on any atom is 0.417 e. The Hall–Kier alpha value is -3.67. The molecule has 0 aromatic heterocycles. The lowest BCUT2D eigenvalue weighted by Crippen LogP contribution is -2.48. The van der Waals surface area contributed by atoms with Crippen LogP contribution in [0.5, 0.6) is 0 Å². The molecule has 0 bridgehead atoms. The van der Waals surface area contributed by atoms with Crippen molar-refractivity contribution in [3.8, 4) is 0 Å². The first-order chi connectivity index (χ1) is 24.5. The average Bonchev–Trinajstić information content (AvgIpc) is 3.61. The van der Waals surface area contributed by atoms with E-state index in [0.717, 1.165) is 25.0 Å². The van der Waals surface area contributed by atoms with Crippen molar-refractivity contribution >= 4 is 18.1 Å². The highest BCUT2D eigenvalue weighted by Gasteiger charge is 2.44. The van der Waals surface area contributed by atoms with E-state index in [4.69, 9.17) is 14.2 Å². The van der Waals surface area contributed by atoms with Gasteiger partial charge in [0.2, 0.25) is 5.91 Å². The summed E-state index contributed by atoms with van der Waals surface area (Å²) in [6, 6.07) is 6.77. The van der Waals surface area contributed by atoms with Crippen LogP contribution < -0.4 is 0 Å². The molecule has 8 nitrogen and oxygen atoms in total. The summed E-state index contributed by atoms with van der Waals surface area (Å²) in [7, 11) is 1.59. The summed E-state index contributed by atoms with van der Waals surface area (Å²) < 4.78 is 70.2. The Morgan fingerprint density at radius 3 is 1.51 bits per heavy atom. The Morgan fingerprint density at radius 2 is 1.09 bits per heavy atom. The summed E-state index contributed by atoms with van der Waals surface area (Å²) >= 11 is 0. The van der Waals surface area contributed by atoms with Crippen LogP contribution in [0.15, 0.2) is 36.4 Å². The Morgan fingerprint density at radius 1 is 0.679 bits per heavy atom. The lowest BCUT2D eigenvalue weighted by atomic mass is 9.83. The van der Waals surface area contributed by atoms with E-state index in [-0.39, 0.29) is 54.0 Å². The smallest absolute Gasteiger partial charge is 0.417 e. The zero-order valence-electron chi connectivity index (χ0n) is 33.1. The Kier molecular flexibility index (Phi) is 14.9. The zero-order valence-corrected chi connectivity index (χ0v) is 33.1. The third-order valence-electron chi connectivity index (χ3n) is 10.1. The molecule has 2 fully saturated rings. The van der Waals surface area contributed by atoms with Gasteiger partial charge in [0.1, 0.15) is 40.7 Å². The molecule has 2 aliphatic rings. The number of nitrogens with zero attached hydrogens (tertiary/aromatic N) is 2. The number of ether oxygens (including phenoxy) is 3. The molecular weight excluding hydrogens is 692 g/mol. The lowest BCUT2D eigenvalue weighted by molar-refractivity contribution is -0.128. The van der Waals surface area contributed by atoms with Crippen molar-refractivity contribution in [2.45, 2.75) is 137 Å². The predicted octanol–water partition coefficient (Wildman–Crippen LogP) is 9.86. The highest BCUT2D eigenvalue weighted by Crippen LogP contribution is 2.36. The molecule has 0 N–H and O–H groups in total. The lowest BCUT2D eigenvalue weighted by Gasteiger charge is -2.36. The number of benzene rings is 2. The summed E-state index contributed by atoms with van der Waals surface area (Å²) in [4.78, 5) is 40.3. The zero-order chi connectivity index (χ0) is 40.0. The van der Waals surface area contributed by atoms with E-state index in [1.807, 2.05) is 41.5 Å². The van der Waals surface area contributed by atoms with Crippen LogP contribution in [0, 0.1) is 46.9 Å². The summed E-state index contributed by atoms with van der Waals surface area (Å²) in [5.74, 6) is -2.35. The van der Waals surface area contributed by atoms with Gasteiger partial charge in [-0.2, -0.15) is 0 Å². The molecule has 3 amide bonds. The van der Waals surface area contributed by atoms with E-state index in [1.165, 1.54) is 29.2 Å². The van der Waals surface area contributed by atoms with Crippen LogP contribution >= 0.6 is 0 Å². The van der Waals surface area contributed by atoms with Gasteiger partial charge in [-0.15, -0.1) is 0 Å². The highest BCUT2D eigenvalue weighted by atomic mass is 19.1. The number of halogens is 4. The topological polar surface area (TPSA) is 85.4 Å². The molecule has 2 aliphatic heterocycles. The van der Waals surface area contributed by atoms with Gasteiger partial charge in [0.15, 0.2) is 0 Å². The minimum atomic E-state index is -0.682. The first-order valence-corrected chi connectivity index (χ1v) is 18.5. The molecule has 1 unspecified atom stereocenters. The van der Waals surface area contributed by atoms with Crippen molar-refractivity contribution in [3.63, 3.8) is 0 Å². The fraction of sp³-hybridized carbons (Fsp3) is 0.634. The quantitative estimate of drug-likeness (QED) is 0.237. The predicted molar refractivity (Wildman–Crippen MR) is 195 cm³/mol. The monoisotopic (exact) mass is 750 g/mol. The molecule has 0 aliphatic carbocycles. The maximum absolute atomic E-state index is 13.5. The van der Waals surface area contributed by atoms with E-state index in [0.29, 0.717) is 36.8 Å². The van der Waals surface area contributed by atoms with Crippen molar-refractivity contribution in [2.75, 3.05) is 7.11 Å². The van der Waals surface area contributed by atoms with Gasteiger partial charge in [-0.25, -0.2) is 32.1 Å². The van der Waals surface area contributed by atoms with Crippen molar-refractivity contribution < 1.29 is 46.2 Å². The Labute approximate surface area is 312 Å². The number of likely N-dealkylation sites (tertiary alicyclic amines) is 2. The van der Waals surface area contributed by atoms with E-state index < -0.39 is 40.6 Å². The van der Waals surface area contributed by atoms with Crippen molar-refractivity contribution in [3.05, 3.63) is 70.8 Å². The van der Waals surface area contributed by atoms with Crippen LogP contribution in [0.3, 0.4) is 0 Å². The fourth-order valence-corrected chi connectivity index (χ4v) is 7.20. The molecule has 12 heteroatoms. The third-order valence-corrected chi connectivity index (χ3v) is 10.1. The summed E-state index contributed by atoms with van der Waals surface area (Å²) in [5.41, 5.74) is -0.0819. The maximum atomic E-state index is 13.5. The summed E-state index contributed by atoms with van der Waals surface area (Å²) in [6.07, 6.45) is 2.10. The number of amides is 3. The molecule has 0 radical (unpaired) electrons. The van der Waals surface area contributed by atoms with Crippen molar-refractivity contribution in [1.82, 2.24) is 9.80 Å². The van der Waals surface area contributed by atoms with E-state index in [1.54, 1.807) is 32.8 Å². The van der Waals surface area contributed by atoms with Gasteiger partial charge in [0.25, 0.3) is 0 Å². The number of rotatable bonds is 9. The molecule has 2 saturated heterocycles. The molecule has 2 aromatic rings. The van der Waals surface area contributed by atoms with Crippen LogP contribution in [0.1, 0.15) is 106 Å². The van der Waals surface area contributed by atoms with Crippen molar-refractivity contribution in [1.29, 1.82) is 0 Å². The largest absolute Gasteiger partial charge is 0.444 e. The first kappa shape index (κ1) is 43.7. The number of methoxy groups -OCH3 is 1. The average molecular weight is 751 g/mol. The number of carbonyl (C=O) groups is 3. The molecule has 0 saturated carbocycles. The van der Waals surface area contributed by atoms with E-state index >= 15 is 0 Å². The Bertz CT molecular complexity index is 1530. The minimum Gasteiger partial charge on any atom is -0.444 e. The van der Waals surface area contributed by atoms with Crippen LogP contribution in [0.25, 0.3) is 0 Å². The van der Waals surface area contributed by atoms with Crippen molar-refractivity contribution in [2.24, 2.45) is 23.7 Å². The van der Waals surface area contributed by atoms with Crippen LogP contribution in [-0.2, 0) is 31.8 Å². The molecule has 4 rings (SSSR count). The first-order valence-electron chi connectivity index (χ1n) is 18.5. The van der Waals surface area contributed by atoms with Crippen LogP contribution in [-0.4, -0.2) is 64.5 Å². The summed E-state index contributed by atoms with van der Waals surface area (Å²) in [6.45, 7) is 18.8. The second kappa shape index (κ2) is 18.1. The number of hydrogen-bond donors (Lipinski definition) is 0. The van der Waals surface area contributed by atoms with Gasteiger partial charge in [-0.3, -0.25) is 9.69 Å². The van der Waals surface area contributed by atoms with Gasteiger partial charge in [-0.05, 0) is 133 Å². The van der Waals surface area contributed by atoms with Crippen LogP contribution in [0.4, 0.5) is 27.2 Å². The van der Waals surface area contributed by atoms with E-state index in [2.05, 4.69) is 6.92 Å². The minimum absolute atomic E-state index is 0.0250. The number of hydrogen-bond acceptors (Lipinski definition) is 6. The van der Waals surface area contributed by atoms with Crippen LogP contribution in [0.2, 0.25) is 0 Å². The molecule has 2 aromatic carbocycles. The second-order valence-corrected chi connectivity index (χ2v) is 16.7. The summed E-state index contributed by atoms with van der Waals surface area (Å²) in [5, 5.41) is 0. The molecule has 296 valence electrons. The molecule has 2 heterocycles. The van der Waals surface area contributed by atoms with Gasteiger partial charge in [0, 0.05) is 37.7 Å². The van der Waals surface area contributed by atoms with Gasteiger partial charge in [-0.1, -0.05) is 27.7 Å². The molecule has 53 heavy (non-hydrogen) atoms. The van der Waals surface area contributed by atoms with Gasteiger partial charge < -0.3 is 14.2 Å². The molecule has 0 spiro atoms. The highest BCUT2D eigenvalue weighted by molar-refractivity contribution is 5.94. The van der Waals surface area contributed by atoms with Gasteiger partial charge in [0.05, 0.1) is 0 Å². The second-order valence-electron chi connectivity index (χ2n) is 16.7.